The molecule has 3 aromatic carbocycles. The molecule has 3 atom stereocenters. The fraction of sp³-hybridized carbons (Fsp3) is 0.344. The van der Waals surface area contributed by atoms with Crippen LogP contribution in [0.2, 0.25) is 5.02 Å². The Kier molecular flexibility index (Phi) is 9.01. The molecule has 1 N–H and O–H groups in total. The van der Waals surface area contributed by atoms with E-state index in [9.17, 15) is 19.5 Å². The molecule has 42 heavy (non-hydrogen) atoms. The van der Waals surface area contributed by atoms with Gasteiger partial charge in [0, 0.05) is 23.3 Å². The van der Waals surface area contributed by atoms with Crippen molar-refractivity contribution >= 4 is 35.4 Å². The molecule has 222 valence electrons. The number of amides is 3. The smallest absolute Gasteiger partial charge is 0.417 e. The highest BCUT2D eigenvalue weighted by atomic mass is 35.5. The number of carboxylic acid groups (broad SMARTS) is 1. The van der Waals surface area contributed by atoms with Gasteiger partial charge in [0.25, 0.3) is 0 Å². The Morgan fingerprint density at radius 3 is 2.00 bits per heavy atom. The SMILES string of the molecule is CC(C)[C@H](C(=O)N(C)[C@H]1OC(=O)N(c2ccc(Oc3ccc(Cl)cc3)cc2)[C@H]1c1ccccc1)N(C(=O)O)C(C)(C)C. The molecule has 0 radical (unpaired) electrons. The minimum Gasteiger partial charge on any atom is -0.465 e. The molecule has 1 aliphatic heterocycles. The molecule has 10 heteroatoms. The second-order valence-electron chi connectivity index (χ2n) is 11.5. The van der Waals surface area contributed by atoms with Gasteiger partial charge in [0.15, 0.2) is 0 Å². The Bertz CT molecular complexity index is 1410. The van der Waals surface area contributed by atoms with Gasteiger partial charge in [-0.05, 0) is 80.8 Å². The van der Waals surface area contributed by atoms with Crippen LogP contribution < -0.4 is 9.64 Å². The monoisotopic (exact) mass is 593 g/mol. The molecule has 0 spiro atoms. The molecule has 1 aliphatic rings. The first-order valence-corrected chi connectivity index (χ1v) is 14.0. The summed E-state index contributed by atoms with van der Waals surface area (Å²) in [5.41, 5.74) is 0.453. The van der Waals surface area contributed by atoms with E-state index < -0.39 is 41.9 Å². The van der Waals surface area contributed by atoms with Crippen LogP contribution in [0.5, 0.6) is 11.5 Å². The minimum absolute atomic E-state index is 0.341. The summed E-state index contributed by atoms with van der Waals surface area (Å²) in [6, 6.07) is 21.5. The summed E-state index contributed by atoms with van der Waals surface area (Å²) in [5, 5.41) is 10.7. The van der Waals surface area contributed by atoms with Crippen molar-refractivity contribution in [3.05, 3.63) is 89.4 Å². The lowest BCUT2D eigenvalue weighted by Gasteiger charge is -2.42. The third-order valence-electron chi connectivity index (χ3n) is 7.09. The number of hydrogen-bond donors (Lipinski definition) is 1. The third kappa shape index (κ3) is 6.46. The van der Waals surface area contributed by atoms with Crippen LogP contribution in [0.1, 0.15) is 46.2 Å². The van der Waals surface area contributed by atoms with E-state index >= 15 is 0 Å². The van der Waals surface area contributed by atoms with Crippen molar-refractivity contribution in [3.8, 4) is 11.5 Å². The number of nitrogens with zero attached hydrogens (tertiary/aromatic N) is 3. The molecule has 3 amide bonds. The van der Waals surface area contributed by atoms with Gasteiger partial charge >= 0.3 is 12.2 Å². The molecular formula is C32H36ClN3O6. The summed E-state index contributed by atoms with van der Waals surface area (Å²) in [6.07, 6.45) is -2.85. The van der Waals surface area contributed by atoms with Crippen molar-refractivity contribution in [2.24, 2.45) is 5.92 Å². The predicted octanol–water partition coefficient (Wildman–Crippen LogP) is 7.42. The molecule has 0 aromatic heterocycles. The van der Waals surface area contributed by atoms with E-state index in [-0.39, 0.29) is 5.92 Å². The highest BCUT2D eigenvalue weighted by Gasteiger charge is 2.49. The number of rotatable bonds is 8. The molecule has 0 saturated carbocycles. The number of hydrogen-bond acceptors (Lipinski definition) is 5. The fourth-order valence-electron chi connectivity index (χ4n) is 5.15. The Hall–Kier alpha value is -4.24. The van der Waals surface area contributed by atoms with E-state index in [0.717, 1.165) is 5.56 Å². The van der Waals surface area contributed by atoms with Gasteiger partial charge in [0.1, 0.15) is 23.6 Å². The topological polar surface area (TPSA) is 99.6 Å². The Labute approximate surface area is 251 Å². The molecule has 1 saturated heterocycles. The summed E-state index contributed by atoms with van der Waals surface area (Å²) >= 11 is 5.96. The Balaban J connectivity index is 1.67. The molecule has 4 rings (SSSR count). The quantitative estimate of drug-likeness (QED) is 0.292. The molecule has 1 fully saturated rings. The molecule has 9 nitrogen and oxygen atoms in total. The predicted molar refractivity (Wildman–Crippen MR) is 161 cm³/mol. The maximum Gasteiger partial charge on any atom is 0.417 e. The van der Waals surface area contributed by atoms with Gasteiger partial charge < -0.3 is 19.5 Å². The number of anilines is 1. The second kappa shape index (κ2) is 12.3. The van der Waals surface area contributed by atoms with Crippen LogP contribution >= 0.6 is 11.6 Å². The molecule has 0 aliphatic carbocycles. The van der Waals surface area contributed by atoms with Gasteiger partial charge in [-0.25, -0.2) is 9.59 Å². The first kappa shape index (κ1) is 30.7. The number of carbonyl (C=O) groups excluding carboxylic acids is 2. The zero-order chi connectivity index (χ0) is 30.8. The highest BCUT2D eigenvalue weighted by Crippen LogP contribution is 2.40. The van der Waals surface area contributed by atoms with Crippen molar-refractivity contribution in [3.63, 3.8) is 0 Å². The molecule has 1 heterocycles. The molecule has 0 bridgehead atoms. The summed E-state index contributed by atoms with van der Waals surface area (Å²) in [5.74, 6) is 0.367. The summed E-state index contributed by atoms with van der Waals surface area (Å²) < 4.78 is 11.8. The van der Waals surface area contributed by atoms with E-state index in [2.05, 4.69) is 0 Å². The van der Waals surface area contributed by atoms with E-state index in [1.54, 1.807) is 90.2 Å². The number of halogens is 1. The number of cyclic esters (lactones) is 1. The normalized spacial score (nSPS) is 17.5. The Morgan fingerprint density at radius 1 is 0.952 bits per heavy atom. The molecule has 0 unspecified atom stereocenters. The number of ether oxygens (including phenoxy) is 2. The lowest BCUT2D eigenvalue weighted by atomic mass is 9.94. The summed E-state index contributed by atoms with van der Waals surface area (Å²) in [4.78, 5) is 43.8. The number of likely N-dealkylation sites (N-methyl/N-ethyl adjacent to an activating group) is 1. The van der Waals surface area contributed by atoms with E-state index in [1.807, 2.05) is 30.3 Å². The van der Waals surface area contributed by atoms with Crippen molar-refractivity contribution in [2.75, 3.05) is 11.9 Å². The first-order chi connectivity index (χ1) is 19.8. The van der Waals surface area contributed by atoms with Crippen molar-refractivity contribution in [1.29, 1.82) is 0 Å². The summed E-state index contributed by atoms with van der Waals surface area (Å²) in [7, 11) is 1.54. The molecular weight excluding hydrogens is 558 g/mol. The third-order valence-corrected chi connectivity index (χ3v) is 7.34. The van der Waals surface area contributed by atoms with Crippen molar-refractivity contribution in [2.45, 2.75) is 58.5 Å². The average Bonchev–Trinajstić information content (AvgIpc) is 3.28. The first-order valence-electron chi connectivity index (χ1n) is 13.7. The van der Waals surface area contributed by atoms with Gasteiger partial charge in [0.05, 0.1) is 0 Å². The average molecular weight is 594 g/mol. The van der Waals surface area contributed by atoms with E-state index in [4.69, 9.17) is 21.1 Å². The zero-order valence-electron chi connectivity index (χ0n) is 24.5. The number of benzene rings is 3. The van der Waals surface area contributed by atoms with Crippen LogP contribution in [0.25, 0.3) is 0 Å². The lowest BCUT2D eigenvalue weighted by Crippen LogP contribution is -2.60. The van der Waals surface area contributed by atoms with Gasteiger partial charge in [-0.3, -0.25) is 14.6 Å². The van der Waals surface area contributed by atoms with Gasteiger partial charge in [0.2, 0.25) is 12.1 Å². The Morgan fingerprint density at radius 2 is 1.50 bits per heavy atom. The van der Waals surface area contributed by atoms with E-state index in [1.165, 1.54) is 14.7 Å². The highest BCUT2D eigenvalue weighted by molar-refractivity contribution is 6.30. The fourth-order valence-corrected chi connectivity index (χ4v) is 5.28. The van der Waals surface area contributed by atoms with E-state index in [0.29, 0.717) is 22.2 Å². The van der Waals surface area contributed by atoms with Gasteiger partial charge in [-0.1, -0.05) is 55.8 Å². The van der Waals surface area contributed by atoms with Crippen LogP contribution in [-0.4, -0.2) is 57.9 Å². The standard InChI is InChI=1S/C32H36ClN3O6/c1-20(2)26(36(30(38)39)32(3,4)5)28(37)34(6)29-27(21-10-8-7-9-11-21)35(31(40)42-29)23-14-18-25(19-15-23)41-24-16-12-22(33)13-17-24/h7-20,26-27,29H,1-6H3,(H,38,39)/t26-,27+,29+/m1/s1. The van der Waals surface area contributed by atoms with Crippen molar-refractivity contribution < 1.29 is 29.0 Å². The largest absolute Gasteiger partial charge is 0.465 e. The van der Waals surface area contributed by atoms with Gasteiger partial charge in [-0.15, -0.1) is 0 Å². The maximum atomic E-state index is 14.0. The molecule has 3 aromatic rings. The second-order valence-corrected chi connectivity index (χ2v) is 11.9. The summed E-state index contributed by atoms with van der Waals surface area (Å²) in [6.45, 7) is 8.83. The lowest BCUT2D eigenvalue weighted by molar-refractivity contribution is -0.147. The van der Waals surface area contributed by atoms with Crippen LogP contribution in [-0.2, 0) is 9.53 Å². The number of carbonyl (C=O) groups is 3. The van der Waals surface area contributed by atoms with Crippen molar-refractivity contribution in [1.82, 2.24) is 9.80 Å². The van der Waals surface area contributed by atoms with Crippen LogP contribution in [0.3, 0.4) is 0 Å². The van der Waals surface area contributed by atoms with Crippen LogP contribution in [0, 0.1) is 5.92 Å². The van der Waals surface area contributed by atoms with Gasteiger partial charge in [-0.2, -0.15) is 0 Å². The van der Waals surface area contributed by atoms with Crippen LogP contribution in [0.4, 0.5) is 15.3 Å². The maximum absolute atomic E-state index is 14.0. The zero-order valence-corrected chi connectivity index (χ0v) is 25.3. The van der Waals surface area contributed by atoms with Crippen LogP contribution in [0.15, 0.2) is 78.9 Å². The minimum atomic E-state index is -1.20.